The molecule has 0 amide bonds. The van der Waals surface area contributed by atoms with Crippen molar-refractivity contribution in [3.63, 3.8) is 0 Å². The summed E-state index contributed by atoms with van der Waals surface area (Å²) in [5.41, 5.74) is 14.8. The second-order valence-corrected chi connectivity index (χ2v) is 5.85. The number of nitrogen functional groups attached to an aromatic ring is 2. The maximum Gasteiger partial charge on any atom is 0.240 e. The molecule has 0 heterocycles. The summed E-state index contributed by atoms with van der Waals surface area (Å²) >= 11 is 0. The van der Waals surface area contributed by atoms with E-state index in [0.29, 0.717) is 11.3 Å². The Morgan fingerprint density at radius 2 is 1.53 bits per heavy atom. The van der Waals surface area contributed by atoms with Gasteiger partial charge < -0.3 is 11.5 Å². The van der Waals surface area contributed by atoms with Gasteiger partial charge in [0.15, 0.2) is 0 Å². The van der Waals surface area contributed by atoms with Gasteiger partial charge in [0.25, 0.3) is 0 Å². The van der Waals surface area contributed by atoms with Gasteiger partial charge in [-0.05, 0) is 41.8 Å². The molecule has 6 heteroatoms. The van der Waals surface area contributed by atoms with Gasteiger partial charge in [-0.3, -0.25) is 0 Å². The smallest absolute Gasteiger partial charge is 0.240 e. The highest BCUT2D eigenvalue weighted by atomic mass is 32.2. The van der Waals surface area contributed by atoms with Crippen LogP contribution >= 0.6 is 0 Å². The molecular formula is C13H15N3O2S. The van der Waals surface area contributed by atoms with Gasteiger partial charge in [0, 0.05) is 5.69 Å². The fraction of sp³-hybridized carbons (Fsp3) is 0.0769. The lowest BCUT2D eigenvalue weighted by Gasteiger charge is -2.12. The summed E-state index contributed by atoms with van der Waals surface area (Å²) in [5.74, 6) is 0. The Morgan fingerprint density at radius 3 is 2.05 bits per heavy atom. The number of hydrogen-bond donors (Lipinski definition) is 3. The maximum atomic E-state index is 11.4. The topological polar surface area (TPSA) is 112 Å². The quantitative estimate of drug-likeness (QED) is 0.721. The van der Waals surface area contributed by atoms with Gasteiger partial charge in [-0.2, -0.15) is 0 Å². The summed E-state index contributed by atoms with van der Waals surface area (Å²) in [6.07, 6.45) is 0. The van der Waals surface area contributed by atoms with Gasteiger partial charge in [-0.25, -0.2) is 13.6 Å². The zero-order valence-electron chi connectivity index (χ0n) is 10.4. The van der Waals surface area contributed by atoms with E-state index in [9.17, 15) is 8.42 Å². The number of primary sulfonamides is 1. The van der Waals surface area contributed by atoms with Crippen molar-refractivity contribution >= 4 is 21.4 Å². The molecule has 2 aromatic rings. The van der Waals surface area contributed by atoms with E-state index in [0.717, 1.165) is 11.1 Å². The molecule has 0 saturated carbocycles. The van der Waals surface area contributed by atoms with Crippen LogP contribution in [0, 0.1) is 6.92 Å². The standard InChI is InChI=1S/C13H15N3O2S/c1-8-11(9-2-4-10(14)5-3-9)6-7-12(13(8)15)19(16,17)18/h2-7H,14-15H2,1H3,(H2,16,17,18). The molecule has 0 spiro atoms. The number of benzene rings is 2. The number of hydrogen-bond acceptors (Lipinski definition) is 4. The van der Waals surface area contributed by atoms with Crippen LogP contribution < -0.4 is 16.6 Å². The van der Waals surface area contributed by atoms with Crippen molar-refractivity contribution in [3.05, 3.63) is 42.0 Å². The first-order valence-electron chi connectivity index (χ1n) is 5.58. The lowest BCUT2D eigenvalue weighted by molar-refractivity contribution is 0.598. The SMILES string of the molecule is Cc1c(-c2ccc(N)cc2)ccc(S(N)(=O)=O)c1N. The first kappa shape index (κ1) is 13.4. The summed E-state index contributed by atoms with van der Waals surface area (Å²) in [6.45, 7) is 1.76. The highest BCUT2D eigenvalue weighted by Crippen LogP contribution is 2.31. The highest BCUT2D eigenvalue weighted by molar-refractivity contribution is 7.89. The van der Waals surface area contributed by atoms with Crippen molar-refractivity contribution in [2.45, 2.75) is 11.8 Å². The van der Waals surface area contributed by atoms with Crippen LogP contribution in [-0.2, 0) is 10.0 Å². The van der Waals surface area contributed by atoms with E-state index >= 15 is 0 Å². The molecule has 0 atom stereocenters. The van der Waals surface area contributed by atoms with Gasteiger partial charge >= 0.3 is 0 Å². The molecule has 100 valence electrons. The third kappa shape index (κ3) is 2.54. The summed E-state index contributed by atoms with van der Waals surface area (Å²) in [5, 5.41) is 5.11. The van der Waals surface area contributed by atoms with Crippen molar-refractivity contribution in [3.8, 4) is 11.1 Å². The molecule has 5 nitrogen and oxygen atoms in total. The van der Waals surface area contributed by atoms with Gasteiger partial charge in [0.2, 0.25) is 10.0 Å². The first-order valence-corrected chi connectivity index (χ1v) is 7.13. The Balaban J connectivity index is 2.62. The minimum Gasteiger partial charge on any atom is -0.399 e. The molecule has 2 rings (SSSR count). The van der Waals surface area contributed by atoms with Crippen LogP contribution in [-0.4, -0.2) is 8.42 Å². The summed E-state index contributed by atoms with van der Waals surface area (Å²) in [4.78, 5) is -0.0517. The van der Waals surface area contributed by atoms with Gasteiger partial charge in [-0.1, -0.05) is 18.2 Å². The average Bonchev–Trinajstić information content (AvgIpc) is 2.32. The molecule has 0 aliphatic carbocycles. The Labute approximate surface area is 112 Å². The molecule has 2 aromatic carbocycles. The van der Waals surface area contributed by atoms with Crippen LogP contribution in [0.5, 0.6) is 0 Å². The molecular weight excluding hydrogens is 262 g/mol. The Morgan fingerprint density at radius 1 is 0.947 bits per heavy atom. The second kappa shape index (κ2) is 4.56. The van der Waals surface area contributed by atoms with E-state index < -0.39 is 10.0 Å². The van der Waals surface area contributed by atoms with Crippen molar-refractivity contribution in [1.82, 2.24) is 0 Å². The largest absolute Gasteiger partial charge is 0.399 e. The minimum absolute atomic E-state index is 0.0517. The molecule has 19 heavy (non-hydrogen) atoms. The molecule has 0 radical (unpaired) electrons. The van der Waals surface area contributed by atoms with Crippen molar-refractivity contribution in [1.29, 1.82) is 0 Å². The van der Waals surface area contributed by atoms with E-state index in [1.807, 2.05) is 12.1 Å². The number of anilines is 2. The molecule has 6 N–H and O–H groups in total. The van der Waals surface area contributed by atoms with E-state index in [1.165, 1.54) is 6.07 Å². The van der Waals surface area contributed by atoms with Crippen molar-refractivity contribution in [2.24, 2.45) is 5.14 Å². The number of nitrogens with two attached hydrogens (primary N) is 3. The molecule has 0 saturated heterocycles. The Bertz CT molecular complexity index is 722. The van der Waals surface area contributed by atoms with Crippen LogP contribution in [0.4, 0.5) is 11.4 Å². The lowest BCUT2D eigenvalue weighted by Crippen LogP contribution is -2.15. The molecule has 0 bridgehead atoms. The van der Waals surface area contributed by atoms with Crippen LogP contribution in [0.1, 0.15) is 5.56 Å². The summed E-state index contributed by atoms with van der Waals surface area (Å²) in [6, 6.07) is 10.4. The lowest BCUT2D eigenvalue weighted by atomic mass is 9.99. The number of rotatable bonds is 2. The van der Waals surface area contributed by atoms with Crippen molar-refractivity contribution < 1.29 is 8.42 Å². The normalized spacial score (nSPS) is 11.5. The summed E-state index contributed by atoms with van der Waals surface area (Å²) < 4.78 is 22.8. The third-order valence-corrected chi connectivity index (χ3v) is 3.97. The molecule has 0 aliphatic rings. The fourth-order valence-electron chi connectivity index (χ4n) is 1.93. The molecule has 0 aromatic heterocycles. The van der Waals surface area contributed by atoms with Gasteiger partial charge in [-0.15, -0.1) is 0 Å². The first-order chi connectivity index (χ1) is 8.80. The van der Waals surface area contributed by atoms with Crippen molar-refractivity contribution in [2.75, 3.05) is 11.5 Å². The Kier molecular flexibility index (Phi) is 3.21. The highest BCUT2D eigenvalue weighted by Gasteiger charge is 2.16. The molecule has 0 unspecified atom stereocenters. The zero-order valence-corrected chi connectivity index (χ0v) is 11.2. The minimum atomic E-state index is -3.81. The predicted octanol–water partition coefficient (Wildman–Crippen LogP) is 1.47. The number of sulfonamides is 1. The molecule has 0 fully saturated rings. The predicted molar refractivity (Wildman–Crippen MR) is 76.8 cm³/mol. The molecule has 0 aliphatic heterocycles. The van der Waals surface area contributed by atoms with E-state index in [4.69, 9.17) is 16.6 Å². The van der Waals surface area contributed by atoms with E-state index in [-0.39, 0.29) is 10.6 Å². The average molecular weight is 277 g/mol. The summed E-state index contributed by atoms with van der Waals surface area (Å²) in [7, 11) is -3.81. The van der Waals surface area contributed by atoms with Crippen LogP contribution in [0.25, 0.3) is 11.1 Å². The zero-order chi connectivity index (χ0) is 14.2. The van der Waals surface area contributed by atoms with Gasteiger partial charge in [0.1, 0.15) is 4.90 Å². The Hall–Kier alpha value is -2.05. The van der Waals surface area contributed by atoms with Crippen LogP contribution in [0.3, 0.4) is 0 Å². The maximum absolute atomic E-state index is 11.4. The van der Waals surface area contributed by atoms with Crippen LogP contribution in [0.15, 0.2) is 41.3 Å². The second-order valence-electron chi connectivity index (χ2n) is 4.32. The monoisotopic (exact) mass is 277 g/mol. The third-order valence-electron chi connectivity index (χ3n) is 3.00. The van der Waals surface area contributed by atoms with E-state index in [2.05, 4.69) is 0 Å². The van der Waals surface area contributed by atoms with Crippen LogP contribution in [0.2, 0.25) is 0 Å². The van der Waals surface area contributed by atoms with E-state index in [1.54, 1.807) is 25.1 Å². The fourth-order valence-corrected chi connectivity index (χ4v) is 2.64. The van der Waals surface area contributed by atoms with Gasteiger partial charge in [0.05, 0.1) is 5.69 Å².